The Kier molecular flexibility index (Phi) is 4.29. The summed E-state index contributed by atoms with van der Waals surface area (Å²) >= 11 is 1.60. The van der Waals surface area contributed by atoms with Gasteiger partial charge in [-0.15, -0.1) is 11.3 Å². The van der Waals surface area contributed by atoms with E-state index in [0.717, 1.165) is 17.8 Å². The first-order chi connectivity index (χ1) is 8.25. The fraction of sp³-hybridized carbons (Fsp3) is 0.357. The van der Waals surface area contributed by atoms with Crippen LogP contribution in [0.15, 0.2) is 35.8 Å². The van der Waals surface area contributed by atoms with Gasteiger partial charge in [0.15, 0.2) is 0 Å². The van der Waals surface area contributed by atoms with Gasteiger partial charge in [-0.3, -0.25) is 0 Å². The van der Waals surface area contributed by atoms with Crippen LogP contribution in [-0.4, -0.2) is 16.2 Å². The molecule has 1 N–H and O–H groups in total. The molecule has 1 atom stereocenters. The second kappa shape index (κ2) is 5.94. The summed E-state index contributed by atoms with van der Waals surface area (Å²) in [7, 11) is 0. The number of thiazole rings is 1. The monoisotopic (exact) mass is 247 g/mol. The number of aliphatic hydroxyl groups excluding tert-OH is 1. The molecule has 2 rings (SSSR count). The van der Waals surface area contributed by atoms with E-state index in [1.54, 1.807) is 17.5 Å². The third-order valence-electron chi connectivity index (χ3n) is 2.90. The molecule has 90 valence electrons. The summed E-state index contributed by atoms with van der Waals surface area (Å²) in [5, 5.41) is 12.9. The molecule has 2 nitrogen and oxygen atoms in total. The number of hydrogen-bond donors (Lipinski definition) is 1. The Hall–Kier alpha value is -1.19. The molecule has 2 aromatic rings. The van der Waals surface area contributed by atoms with Crippen molar-refractivity contribution in [2.24, 2.45) is 0 Å². The number of benzene rings is 1. The van der Waals surface area contributed by atoms with E-state index in [1.807, 2.05) is 11.4 Å². The molecule has 0 radical (unpaired) electrons. The van der Waals surface area contributed by atoms with Crippen LogP contribution in [0.3, 0.4) is 0 Å². The van der Waals surface area contributed by atoms with Crippen LogP contribution < -0.4 is 0 Å². The van der Waals surface area contributed by atoms with Crippen LogP contribution in [0.5, 0.6) is 0 Å². The largest absolute Gasteiger partial charge is 0.393 e. The Morgan fingerprint density at radius 1 is 1.35 bits per heavy atom. The van der Waals surface area contributed by atoms with Crippen LogP contribution in [0.4, 0.5) is 0 Å². The number of aryl methyl sites for hydroxylation is 2. The molecule has 0 saturated heterocycles. The zero-order valence-corrected chi connectivity index (χ0v) is 10.8. The van der Waals surface area contributed by atoms with Crippen molar-refractivity contribution >= 4 is 11.3 Å². The first kappa shape index (κ1) is 12.3. The number of aromatic nitrogens is 1. The zero-order valence-electron chi connectivity index (χ0n) is 9.97. The van der Waals surface area contributed by atoms with Crippen LogP contribution >= 0.6 is 11.3 Å². The van der Waals surface area contributed by atoms with Crippen molar-refractivity contribution in [2.45, 2.75) is 32.3 Å². The molecule has 0 spiro atoms. The highest BCUT2D eigenvalue weighted by Crippen LogP contribution is 2.14. The molecular weight excluding hydrogens is 230 g/mol. The minimum atomic E-state index is -0.291. The van der Waals surface area contributed by atoms with E-state index in [2.05, 4.69) is 30.1 Å². The lowest BCUT2D eigenvalue weighted by Crippen LogP contribution is -2.11. The van der Waals surface area contributed by atoms with Gasteiger partial charge in [-0.05, 0) is 30.9 Å². The minimum absolute atomic E-state index is 0.291. The Balaban J connectivity index is 1.84. The lowest BCUT2D eigenvalue weighted by atomic mass is 10.0. The van der Waals surface area contributed by atoms with Gasteiger partial charge in [0.1, 0.15) is 0 Å². The molecule has 1 heterocycles. The van der Waals surface area contributed by atoms with Crippen LogP contribution in [0.1, 0.15) is 22.6 Å². The Bertz CT molecular complexity index is 453. The lowest BCUT2D eigenvalue weighted by Gasteiger charge is -2.10. The van der Waals surface area contributed by atoms with Crippen molar-refractivity contribution < 1.29 is 5.11 Å². The molecule has 0 bridgehead atoms. The highest BCUT2D eigenvalue weighted by atomic mass is 32.1. The van der Waals surface area contributed by atoms with Crippen molar-refractivity contribution in [3.05, 3.63) is 52.0 Å². The van der Waals surface area contributed by atoms with E-state index >= 15 is 0 Å². The summed E-state index contributed by atoms with van der Waals surface area (Å²) in [6.07, 6.45) is 3.89. The maximum absolute atomic E-state index is 9.94. The summed E-state index contributed by atoms with van der Waals surface area (Å²) in [6.45, 7) is 2.11. The highest BCUT2D eigenvalue weighted by molar-refractivity contribution is 7.09. The van der Waals surface area contributed by atoms with Gasteiger partial charge in [0.05, 0.1) is 11.1 Å². The molecule has 1 aromatic carbocycles. The summed E-state index contributed by atoms with van der Waals surface area (Å²) in [6, 6.07) is 8.34. The van der Waals surface area contributed by atoms with Crippen molar-refractivity contribution in [2.75, 3.05) is 0 Å². The molecule has 0 aliphatic heterocycles. The fourth-order valence-corrected chi connectivity index (χ4v) is 2.56. The SMILES string of the molecule is Cc1ccccc1CCC(O)Cc1nccs1. The van der Waals surface area contributed by atoms with Crippen molar-refractivity contribution in [3.8, 4) is 0 Å². The molecule has 1 aromatic heterocycles. The Morgan fingerprint density at radius 2 is 2.18 bits per heavy atom. The van der Waals surface area contributed by atoms with E-state index < -0.39 is 0 Å². The quantitative estimate of drug-likeness (QED) is 0.881. The molecule has 0 aliphatic rings. The van der Waals surface area contributed by atoms with Crippen molar-refractivity contribution in [1.29, 1.82) is 0 Å². The van der Waals surface area contributed by atoms with Crippen molar-refractivity contribution in [3.63, 3.8) is 0 Å². The summed E-state index contributed by atoms with van der Waals surface area (Å²) in [5.74, 6) is 0. The van der Waals surface area contributed by atoms with Crippen LogP contribution in [0.2, 0.25) is 0 Å². The average Bonchev–Trinajstić information content (AvgIpc) is 2.81. The number of rotatable bonds is 5. The highest BCUT2D eigenvalue weighted by Gasteiger charge is 2.08. The van der Waals surface area contributed by atoms with Crippen LogP contribution in [0.25, 0.3) is 0 Å². The molecule has 0 aliphatic carbocycles. The zero-order chi connectivity index (χ0) is 12.1. The third-order valence-corrected chi connectivity index (χ3v) is 3.70. The summed E-state index contributed by atoms with van der Waals surface area (Å²) in [5.41, 5.74) is 2.62. The predicted octanol–water partition coefficient (Wildman–Crippen LogP) is 2.99. The molecule has 3 heteroatoms. The maximum atomic E-state index is 9.94. The van der Waals surface area contributed by atoms with Gasteiger partial charge in [0.2, 0.25) is 0 Å². The third kappa shape index (κ3) is 3.65. The Labute approximate surface area is 106 Å². The van der Waals surface area contributed by atoms with Gasteiger partial charge in [0, 0.05) is 18.0 Å². The summed E-state index contributed by atoms with van der Waals surface area (Å²) in [4.78, 5) is 4.19. The molecule has 0 amide bonds. The molecular formula is C14H17NOS. The lowest BCUT2D eigenvalue weighted by molar-refractivity contribution is 0.165. The number of aliphatic hydroxyl groups is 1. The molecule has 17 heavy (non-hydrogen) atoms. The Morgan fingerprint density at radius 3 is 2.88 bits per heavy atom. The van der Waals surface area contributed by atoms with E-state index in [0.29, 0.717) is 6.42 Å². The maximum Gasteiger partial charge on any atom is 0.0950 e. The summed E-state index contributed by atoms with van der Waals surface area (Å²) < 4.78 is 0. The molecule has 0 saturated carbocycles. The van der Waals surface area contributed by atoms with Crippen LogP contribution in [-0.2, 0) is 12.8 Å². The fourth-order valence-electron chi connectivity index (χ4n) is 1.87. The van der Waals surface area contributed by atoms with E-state index in [-0.39, 0.29) is 6.10 Å². The number of nitrogens with zero attached hydrogens (tertiary/aromatic N) is 1. The van der Waals surface area contributed by atoms with E-state index in [4.69, 9.17) is 0 Å². The van der Waals surface area contributed by atoms with Gasteiger partial charge in [0.25, 0.3) is 0 Å². The predicted molar refractivity (Wildman–Crippen MR) is 71.3 cm³/mol. The molecule has 0 fully saturated rings. The van der Waals surface area contributed by atoms with E-state index in [9.17, 15) is 5.11 Å². The second-order valence-electron chi connectivity index (χ2n) is 4.25. The van der Waals surface area contributed by atoms with Gasteiger partial charge < -0.3 is 5.11 Å². The smallest absolute Gasteiger partial charge is 0.0950 e. The molecule has 1 unspecified atom stereocenters. The van der Waals surface area contributed by atoms with E-state index in [1.165, 1.54) is 11.1 Å². The minimum Gasteiger partial charge on any atom is -0.393 e. The van der Waals surface area contributed by atoms with Crippen molar-refractivity contribution in [1.82, 2.24) is 4.98 Å². The van der Waals surface area contributed by atoms with Gasteiger partial charge in [-0.1, -0.05) is 24.3 Å². The van der Waals surface area contributed by atoms with Crippen LogP contribution in [0, 0.1) is 6.92 Å². The number of hydrogen-bond acceptors (Lipinski definition) is 3. The van der Waals surface area contributed by atoms with Gasteiger partial charge >= 0.3 is 0 Å². The van der Waals surface area contributed by atoms with Gasteiger partial charge in [-0.25, -0.2) is 4.98 Å². The standard InChI is InChI=1S/C14H17NOS/c1-11-4-2-3-5-12(11)6-7-13(16)10-14-15-8-9-17-14/h2-5,8-9,13,16H,6-7,10H2,1H3. The average molecular weight is 247 g/mol. The second-order valence-corrected chi connectivity index (χ2v) is 5.23. The van der Waals surface area contributed by atoms with Gasteiger partial charge in [-0.2, -0.15) is 0 Å². The topological polar surface area (TPSA) is 33.1 Å². The normalized spacial score (nSPS) is 12.6. The first-order valence-corrected chi connectivity index (χ1v) is 6.74. The first-order valence-electron chi connectivity index (χ1n) is 5.86.